The number of hydrogen-bond acceptors (Lipinski definition) is 2. The first-order chi connectivity index (χ1) is 7.10. The third-order valence-electron chi connectivity index (χ3n) is 1.98. The van der Waals surface area contributed by atoms with Gasteiger partial charge in [0.25, 0.3) is 0 Å². The van der Waals surface area contributed by atoms with Crippen LogP contribution in [0, 0.1) is 0 Å². The molecule has 0 aliphatic rings. The van der Waals surface area contributed by atoms with Crippen LogP contribution in [0.15, 0.2) is 11.6 Å². The van der Waals surface area contributed by atoms with Gasteiger partial charge in [0.15, 0.2) is 0 Å². The van der Waals surface area contributed by atoms with Crippen LogP contribution in [0.5, 0.6) is 0 Å². The van der Waals surface area contributed by atoms with Gasteiger partial charge in [-0.2, -0.15) is 0 Å². The minimum Gasteiger partial charge on any atom is -0.376 e. The molecule has 0 saturated heterocycles. The molecule has 2 nitrogen and oxygen atoms in total. The first kappa shape index (κ1) is 15.7. The zero-order valence-electron chi connectivity index (χ0n) is 12.0. The van der Waals surface area contributed by atoms with Crippen LogP contribution in [0.3, 0.4) is 0 Å². The maximum absolute atomic E-state index is 5.67. The van der Waals surface area contributed by atoms with Gasteiger partial charge >= 0.3 is 0 Å². The zero-order chi connectivity index (χ0) is 12.8. The lowest BCUT2D eigenvalue weighted by Gasteiger charge is -2.20. The molecule has 0 rings (SSSR count). The summed E-state index contributed by atoms with van der Waals surface area (Å²) in [6, 6.07) is 0. The van der Waals surface area contributed by atoms with Crippen molar-refractivity contribution in [2.75, 3.05) is 13.2 Å². The molecule has 0 aliphatic heterocycles. The first-order valence-corrected chi connectivity index (χ1v) is 6.04. The van der Waals surface area contributed by atoms with E-state index in [4.69, 9.17) is 9.47 Å². The highest BCUT2D eigenvalue weighted by molar-refractivity contribution is 4.98. The predicted octanol–water partition coefficient (Wildman–Crippen LogP) is 3.95. The van der Waals surface area contributed by atoms with E-state index in [0.717, 1.165) is 13.0 Å². The van der Waals surface area contributed by atoms with E-state index in [2.05, 4.69) is 54.5 Å². The van der Waals surface area contributed by atoms with Crippen molar-refractivity contribution in [1.82, 2.24) is 0 Å². The molecular formula is C14H28O2. The molecule has 2 heteroatoms. The Hall–Kier alpha value is -0.340. The van der Waals surface area contributed by atoms with Gasteiger partial charge in [0.05, 0.1) is 24.4 Å². The van der Waals surface area contributed by atoms with Crippen molar-refractivity contribution >= 4 is 0 Å². The second kappa shape index (κ2) is 6.41. The molecule has 0 spiro atoms. The average molecular weight is 228 g/mol. The fourth-order valence-electron chi connectivity index (χ4n) is 1.05. The monoisotopic (exact) mass is 228 g/mol. The number of ether oxygens (including phenoxy) is 2. The third kappa shape index (κ3) is 11.7. The highest BCUT2D eigenvalue weighted by Gasteiger charge is 2.10. The molecule has 0 aromatic carbocycles. The molecule has 0 atom stereocenters. The summed E-state index contributed by atoms with van der Waals surface area (Å²) in [4.78, 5) is 0. The Balaban J connectivity index is 3.72. The Morgan fingerprint density at radius 3 is 1.88 bits per heavy atom. The summed E-state index contributed by atoms with van der Waals surface area (Å²) in [6.07, 6.45) is 3.11. The number of hydrogen-bond donors (Lipinski definition) is 0. The SMILES string of the molecule is C/C(=C\COC(C)(C)C)CCOC(C)(C)C. The molecule has 0 aliphatic carbocycles. The van der Waals surface area contributed by atoms with Crippen LogP contribution in [-0.4, -0.2) is 24.4 Å². The molecule has 0 saturated carbocycles. The van der Waals surface area contributed by atoms with Crippen molar-refractivity contribution in [3.05, 3.63) is 11.6 Å². The van der Waals surface area contributed by atoms with Gasteiger partial charge in [-0.05, 0) is 54.9 Å². The Bertz CT molecular complexity index is 216. The van der Waals surface area contributed by atoms with E-state index in [0.29, 0.717) is 6.61 Å². The molecule has 0 aromatic heterocycles. The molecule has 0 aromatic rings. The second-order valence-electron chi connectivity index (χ2n) is 6.18. The van der Waals surface area contributed by atoms with E-state index in [1.807, 2.05) is 0 Å². The highest BCUT2D eigenvalue weighted by Crippen LogP contribution is 2.11. The largest absolute Gasteiger partial charge is 0.376 e. The summed E-state index contributed by atoms with van der Waals surface area (Å²) in [6.45, 7) is 16.0. The van der Waals surface area contributed by atoms with Crippen LogP contribution < -0.4 is 0 Å². The summed E-state index contributed by atoms with van der Waals surface area (Å²) in [5.41, 5.74) is 1.23. The van der Waals surface area contributed by atoms with Crippen molar-refractivity contribution in [2.24, 2.45) is 0 Å². The lowest BCUT2D eigenvalue weighted by Crippen LogP contribution is -2.20. The summed E-state index contributed by atoms with van der Waals surface area (Å²) in [7, 11) is 0. The van der Waals surface area contributed by atoms with Crippen molar-refractivity contribution in [1.29, 1.82) is 0 Å². The molecule has 0 amide bonds. The zero-order valence-corrected chi connectivity index (χ0v) is 12.0. The fourth-order valence-corrected chi connectivity index (χ4v) is 1.05. The van der Waals surface area contributed by atoms with E-state index >= 15 is 0 Å². The Morgan fingerprint density at radius 2 is 1.44 bits per heavy atom. The first-order valence-electron chi connectivity index (χ1n) is 6.04. The quantitative estimate of drug-likeness (QED) is 0.663. The molecule has 0 radical (unpaired) electrons. The van der Waals surface area contributed by atoms with Gasteiger partial charge in [-0.1, -0.05) is 11.6 Å². The van der Waals surface area contributed by atoms with Crippen molar-refractivity contribution in [3.63, 3.8) is 0 Å². The molecule has 0 bridgehead atoms. The van der Waals surface area contributed by atoms with Crippen LogP contribution in [-0.2, 0) is 9.47 Å². The van der Waals surface area contributed by atoms with Crippen LogP contribution in [0.25, 0.3) is 0 Å². The van der Waals surface area contributed by atoms with E-state index < -0.39 is 0 Å². The Morgan fingerprint density at radius 1 is 0.938 bits per heavy atom. The molecule has 96 valence electrons. The van der Waals surface area contributed by atoms with Gasteiger partial charge in [-0.25, -0.2) is 0 Å². The summed E-state index contributed by atoms with van der Waals surface area (Å²) < 4.78 is 11.3. The minimum absolute atomic E-state index is 0.0395. The van der Waals surface area contributed by atoms with Crippen LogP contribution in [0.2, 0.25) is 0 Å². The third-order valence-corrected chi connectivity index (χ3v) is 1.98. The average Bonchev–Trinajstić information content (AvgIpc) is 1.98. The topological polar surface area (TPSA) is 18.5 Å². The molecule has 0 N–H and O–H groups in total. The Kier molecular flexibility index (Phi) is 6.27. The molecular weight excluding hydrogens is 200 g/mol. The van der Waals surface area contributed by atoms with Gasteiger partial charge in [-0.15, -0.1) is 0 Å². The molecule has 16 heavy (non-hydrogen) atoms. The Labute approximate surface area is 101 Å². The molecule has 0 fully saturated rings. The van der Waals surface area contributed by atoms with Crippen LogP contribution in [0.4, 0.5) is 0 Å². The lowest BCUT2D eigenvalue weighted by molar-refractivity contribution is -0.00137. The van der Waals surface area contributed by atoms with E-state index in [1.54, 1.807) is 0 Å². The summed E-state index contributed by atoms with van der Waals surface area (Å²) in [5.74, 6) is 0. The van der Waals surface area contributed by atoms with Gasteiger partial charge in [0, 0.05) is 0 Å². The number of rotatable bonds is 5. The predicted molar refractivity (Wildman–Crippen MR) is 69.8 cm³/mol. The van der Waals surface area contributed by atoms with Crippen molar-refractivity contribution < 1.29 is 9.47 Å². The van der Waals surface area contributed by atoms with Gasteiger partial charge in [0.1, 0.15) is 0 Å². The molecule has 0 unspecified atom stereocenters. The fraction of sp³-hybridized carbons (Fsp3) is 0.857. The maximum Gasteiger partial charge on any atom is 0.0657 e. The normalized spacial score (nSPS) is 14.3. The maximum atomic E-state index is 5.67. The summed E-state index contributed by atoms with van der Waals surface area (Å²) in [5, 5.41) is 0. The highest BCUT2D eigenvalue weighted by atomic mass is 16.5. The van der Waals surface area contributed by atoms with Crippen LogP contribution in [0.1, 0.15) is 54.9 Å². The second-order valence-corrected chi connectivity index (χ2v) is 6.18. The smallest absolute Gasteiger partial charge is 0.0657 e. The van der Waals surface area contributed by atoms with E-state index in [9.17, 15) is 0 Å². The van der Waals surface area contributed by atoms with Crippen molar-refractivity contribution in [2.45, 2.75) is 66.1 Å². The molecule has 0 heterocycles. The van der Waals surface area contributed by atoms with Gasteiger partial charge < -0.3 is 9.47 Å². The van der Waals surface area contributed by atoms with Gasteiger partial charge in [-0.3, -0.25) is 0 Å². The van der Waals surface area contributed by atoms with E-state index in [-0.39, 0.29) is 11.2 Å². The van der Waals surface area contributed by atoms with Crippen molar-refractivity contribution in [3.8, 4) is 0 Å². The lowest BCUT2D eigenvalue weighted by atomic mass is 10.1. The standard InChI is InChI=1S/C14H28O2/c1-12(8-10-15-13(2,3)4)9-11-16-14(5,6)7/h8H,9-11H2,1-7H3/b12-8+. The van der Waals surface area contributed by atoms with Crippen LogP contribution >= 0.6 is 0 Å². The summed E-state index contributed by atoms with van der Waals surface area (Å²) >= 11 is 0. The minimum atomic E-state index is -0.0569. The van der Waals surface area contributed by atoms with Gasteiger partial charge in [0.2, 0.25) is 0 Å². The van der Waals surface area contributed by atoms with E-state index in [1.165, 1.54) is 5.57 Å².